The quantitative estimate of drug-likeness (QED) is 0.504. The van der Waals surface area contributed by atoms with Gasteiger partial charge in [0, 0.05) is 6.04 Å². The number of rotatable bonds is 8. The summed E-state index contributed by atoms with van der Waals surface area (Å²) in [5.74, 6) is -0.891. The van der Waals surface area contributed by atoms with E-state index in [0.29, 0.717) is 16.9 Å². The van der Waals surface area contributed by atoms with Crippen molar-refractivity contribution in [2.45, 2.75) is 38.6 Å². The van der Waals surface area contributed by atoms with Gasteiger partial charge < -0.3 is 10.6 Å². The Morgan fingerprint density at radius 2 is 1.47 bits per heavy atom. The van der Waals surface area contributed by atoms with Crippen molar-refractivity contribution in [1.82, 2.24) is 5.32 Å². The van der Waals surface area contributed by atoms with Crippen LogP contribution < -0.4 is 14.9 Å². The molecule has 0 aliphatic heterocycles. The van der Waals surface area contributed by atoms with Crippen LogP contribution in [0.1, 0.15) is 35.3 Å². The third-order valence-corrected chi connectivity index (χ3v) is 6.77. The molecule has 34 heavy (non-hydrogen) atoms. The zero-order valence-corrected chi connectivity index (χ0v) is 20.5. The van der Waals surface area contributed by atoms with Crippen LogP contribution in [0.4, 0.5) is 11.4 Å². The summed E-state index contributed by atoms with van der Waals surface area (Å²) in [4.78, 5) is 25.7. The molecule has 3 rings (SSSR count). The van der Waals surface area contributed by atoms with Crippen molar-refractivity contribution in [2.24, 2.45) is 0 Å². The van der Waals surface area contributed by atoms with Gasteiger partial charge in [-0.15, -0.1) is 0 Å². The van der Waals surface area contributed by atoms with Crippen molar-refractivity contribution in [1.29, 1.82) is 0 Å². The van der Waals surface area contributed by atoms with Crippen LogP contribution in [0.3, 0.4) is 0 Å². The molecular formula is C26H29N3O4S. The number of carbonyl (C=O) groups excluding carboxylic acids is 2. The van der Waals surface area contributed by atoms with Gasteiger partial charge in [-0.1, -0.05) is 36.4 Å². The largest absolute Gasteiger partial charge is 0.350 e. The molecule has 2 amide bonds. The molecule has 2 N–H and O–H groups in total. The van der Waals surface area contributed by atoms with Gasteiger partial charge in [0.25, 0.3) is 15.9 Å². The van der Waals surface area contributed by atoms with Gasteiger partial charge in [0.1, 0.15) is 6.54 Å². The fraction of sp³-hybridized carbons (Fsp3) is 0.231. The van der Waals surface area contributed by atoms with Gasteiger partial charge in [-0.25, -0.2) is 8.42 Å². The van der Waals surface area contributed by atoms with Crippen LogP contribution in [-0.4, -0.2) is 32.8 Å². The van der Waals surface area contributed by atoms with Crippen molar-refractivity contribution in [3.63, 3.8) is 0 Å². The molecule has 7 nitrogen and oxygen atoms in total. The van der Waals surface area contributed by atoms with E-state index in [9.17, 15) is 18.0 Å². The first kappa shape index (κ1) is 25.0. The minimum absolute atomic E-state index is 0.0766. The second kappa shape index (κ2) is 10.5. The van der Waals surface area contributed by atoms with E-state index < -0.39 is 22.5 Å². The van der Waals surface area contributed by atoms with Crippen LogP contribution in [0.5, 0.6) is 0 Å². The molecule has 0 unspecified atom stereocenters. The van der Waals surface area contributed by atoms with Crippen LogP contribution in [0.2, 0.25) is 0 Å². The number of benzene rings is 3. The van der Waals surface area contributed by atoms with Crippen molar-refractivity contribution < 1.29 is 18.0 Å². The number of carbonyl (C=O) groups is 2. The number of sulfonamides is 1. The van der Waals surface area contributed by atoms with Crippen molar-refractivity contribution in [2.75, 3.05) is 16.2 Å². The molecule has 0 aliphatic rings. The lowest BCUT2D eigenvalue weighted by Gasteiger charge is -2.25. The average molecular weight is 480 g/mol. The normalized spacial score (nSPS) is 11.2. The number of anilines is 2. The number of hydrogen-bond acceptors (Lipinski definition) is 4. The molecular weight excluding hydrogens is 450 g/mol. The Bertz CT molecular complexity index is 1270. The Kier molecular flexibility index (Phi) is 7.73. The lowest BCUT2D eigenvalue weighted by molar-refractivity contribution is -0.114. The van der Waals surface area contributed by atoms with E-state index >= 15 is 0 Å². The highest BCUT2D eigenvalue weighted by molar-refractivity contribution is 7.92. The maximum Gasteiger partial charge on any atom is 0.264 e. The van der Waals surface area contributed by atoms with Gasteiger partial charge in [-0.2, -0.15) is 0 Å². The Morgan fingerprint density at radius 1 is 0.882 bits per heavy atom. The van der Waals surface area contributed by atoms with Gasteiger partial charge in [-0.3, -0.25) is 13.9 Å². The number of nitrogens with one attached hydrogen (secondary N) is 2. The molecule has 0 fully saturated rings. The fourth-order valence-corrected chi connectivity index (χ4v) is 5.01. The minimum Gasteiger partial charge on any atom is -0.350 e. The summed E-state index contributed by atoms with van der Waals surface area (Å²) in [6.45, 7) is 6.96. The molecule has 0 aliphatic carbocycles. The maximum absolute atomic E-state index is 13.5. The maximum atomic E-state index is 13.5. The highest BCUT2D eigenvalue weighted by atomic mass is 32.2. The number of aryl methyl sites for hydroxylation is 2. The Hall–Kier alpha value is -3.65. The monoisotopic (exact) mass is 479 g/mol. The van der Waals surface area contributed by atoms with Gasteiger partial charge in [0.15, 0.2) is 0 Å². The average Bonchev–Trinajstić information content (AvgIpc) is 2.77. The first-order valence-electron chi connectivity index (χ1n) is 10.9. The third kappa shape index (κ3) is 6.02. The second-order valence-electron chi connectivity index (χ2n) is 8.39. The molecule has 0 aromatic heterocycles. The zero-order valence-electron chi connectivity index (χ0n) is 19.7. The summed E-state index contributed by atoms with van der Waals surface area (Å²) in [7, 11) is -4.02. The number of para-hydroxylation sites is 1. The molecule has 0 atom stereocenters. The van der Waals surface area contributed by atoms with E-state index in [-0.39, 0.29) is 16.8 Å². The summed E-state index contributed by atoms with van der Waals surface area (Å²) < 4.78 is 28.1. The molecule has 3 aromatic rings. The number of nitrogens with zero attached hydrogens (tertiary/aromatic N) is 1. The van der Waals surface area contributed by atoms with Crippen LogP contribution in [0, 0.1) is 13.8 Å². The molecule has 0 saturated carbocycles. The zero-order chi connectivity index (χ0) is 24.9. The minimum atomic E-state index is -4.02. The van der Waals surface area contributed by atoms with Crippen LogP contribution in [0.15, 0.2) is 77.7 Å². The molecule has 3 aromatic carbocycles. The lowest BCUT2D eigenvalue weighted by atomic mass is 10.1. The predicted octanol–water partition coefficient (Wildman–Crippen LogP) is 4.28. The van der Waals surface area contributed by atoms with Gasteiger partial charge >= 0.3 is 0 Å². The van der Waals surface area contributed by atoms with Crippen molar-refractivity contribution in [3.05, 3.63) is 89.5 Å². The number of hydrogen-bond donors (Lipinski definition) is 2. The first-order valence-corrected chi connectivity index (χ1v) is 12.4. The van der Waals surface area contributed by atoms with Gasteiger partial charge in [0.05, 0.1) is 21.8 Å². The molecule has 0 bridgehead atoms. The van der Waals surface area contributed by atoms with E-state index in [1.165, 1.54) is 12.1 Å². The van der Waals surface area contributed by atoms with E-state index in [1.807, 2.05) is 33.8 Å². The highest BCUT2D eigenvalue weighted by Crippen LogP contribution is 2.26. The van der Waals surface area contributed by atoms with Crippen LogP contribution >= 0.6 is 0 Å². The molecule has 0 radical (unpaired) electrons. The summed E-state index contributed by atoms with van der Waals surface area (Å²) in [6.07, 6.45) is 0. The third-order valence-electron chi connectivity index (χ3n) is 4.98. The summed E-state index contributed by atoms with van der Waals surface area (Å²) in [6, 6.07) is 19.9. The smallest absolute Gasteiger partial charge is 0.264 e. The highest BCUT2D eigenvalue weighted by Gasteiger charge is 2.28. The van der Waals surface area contributed by atoms with Crippen molar-refractivity contribution in [3.8, 4) is 0 Å². The van der Waals surface area contributed by atoms with E-state index in [0.717, 1.165) is 15.4 Å². The molecule has 8 heteroatoms. The predicted molar refractivity (Wildman–Crippen MR) is 135 cm³/mol. The summed E-state index contributed by atoms with van der Waals surface area (Å²) >= 11 is 0. The Balaban J connectivity index is 1.95. The Morgan fingerprint density at radius 3 is 2.09 bits per heavy atom. The standard InChI is InChI=1S/C26H29N3O4S/c1-18(2)27-26(31)23-12-8-9-13-24(23)28-25(30)17-29(21-15-19(3)14-20(4)16-21)34(32,33)22-10-6-5-7-11-22/h5-16,18H,17H2,1-4H3,(H,27,31)(H,28,30). The van der Waals surface area contributed by atoms with E-state index in [4.69, 9.17) is 0 Å². The molecule has 0 spiro atoms. The van der Waals surface area contributed by atoms with E-state index in [1.54, 1.807) is 54.6 Å². The van der Waals surface area contributed by atoms with E-state index in [2.05, 4.69) is 10.6 Å². The van der Waals surface area contributed by atoms with Gasteiger partial charge in [-0.05, 0) is 75.2 Å². The van der Waals surface area contributed by atoms with Crippen molar-refractivity contribution >= 4 is 33.2 Å². The topological polar surface area (TPSA) is 95.6 Å². The number of amides is 2. The second-order valence-corrected chi connectivity index (χ2v) is 10.3. The fourth-order valence-electron chi connectivity index (χ4n) is 3.58. The van der Waals surface area contributed by atoms with Gasteiger partial charge in [0.2, 0.25) is 5.91 Å². The lowest BCUT2D eigenvalue weighted by Crippen LogP contribution is -2.38. The molecule has 178 valence electrons. The molecule has 0 heterocycles. The SMILES string of the molecule is Cc1cc(C)cc(N(CC(=O)Nc2ccccc2C(=O)NC(C)C)S(=O)(=O)c2ccccc2)c1. The Labute approximate surface area is 200 Å². The summed E-state index contributed by atoms with van der Waals surface area (Å²) in [5.41, 5.74) is 2.75. The van der Waals surface area contributed by atoms with Crippen LogP contribution in [0.25, 0.3) is 0 Å². The molecule has 0 saturated heterocycles. The summed E-state index contributed by atoms with van der Waals surface area (Å²) in [5, 5.41) is 5.51. The first-order chi connectivity index (χ1) is 16.1. The van der Waals surface area contributed by atoms with Crippen LogP contribution in [-0.2, 0) is 14.8 Å².